The Kier molecular flexibility index (Phi) is 3.42. The highest BCUT2D eigenvalue weighted by Gasteiger charge is 2.71. The molecule has 0 saturated carbocycles. The Hall–Kier alpha value is -1.23. The van der Waals surface area contributed by atoms with Crippen molar-refractivity contribution in [1.29, 1.82) is 0 Å². The number of thiazole rings is 1. The van der Waals surface area contributed by atoms with Crippen molar-refractivity contribution in [1.82, 2.24) is 0 Å². The Morgan fingerprint density at radius 3 is 2.39 bits per heavy atom. The molecule has 0 radical (unpaired) electrons. The number of rotatable bonds is 4. The molecule has 0 amide bonds. The molecule has 122 valence electrons. The summed E-state index contributed by atoms with van der Waals surface area (Å²) in [4.78, 5) is 0. The van der Waals surface area contributed by atoms with Crippen LogP contribution in [0.5, 0.6) is 0 Å². The highest BCUT2D eigenvalue weighted by Crippen LogP contribution is 2.62. The molecular weight excluding hydrogens is 306 g/mol. The summed E-state index contributed by atoms with van der Waals surface area (Å²) >= 11 is 1.81. The van der Waals surface area contributed by atoms with Crippen molar-refractivity contribution in [2.24, 2.45) is 5.41 Å². The summed E-state index contributed by atoms with van der Waals surface area (Å²) in [6, 6.07) is 9.03. The van der Waals surface area contributed by atoms with Crippen LogP contribution in [0.4, 0.5) is 0 Å². The van der Waals surface area contributed by atoms with Gasteiger partial charge in [-0.2, -0.15) is 4.57 Å². The monoisotopic (exact) mass is 330 g/mol. The molecule has 2 aromatic rings. The van der Waals surface area contributed by atoms with E-state index in [9.17, 15) is 0 Å². The van der Waals surface area contributed by atoms with E-state index < -0.39 is 5.79 Å². The van der Waals surface area contributed by atoms with Crippen molar-refractivity contribution in [3.63, 3.8) is 0 Å². The number of nitrogens with zero attached hydrogens (tertiary/aromatic N) is 1. The standard InChI is InChI=1S/C19H24NO2S/c1-5-21-19(22-6-2)15-13-9-7-8-10-14(13)16(18(19,3)4)20-11-12-23-17(15)20/h7-12,15-16H,5-6H2,1-4H3/q+1. The highest BCUT2D eigenvalue weighted by molar-refractivity contribution is 7.09. The fourth-order valence-corrected chi connectivity index (χ4v) is 5.75. The van der Waals surface area contributed by atoms with Crippen LogP contribution in [0.2, 0.25) is 0 Å². The molecule has 0 fully saturated rings. The van der Waals surface area contributed by atoms with Gasteiger partial charge in [-0.3, -0.25) is 0 Å². The number of fused-ring (bicyclic) bond motifs is 1. The lowest BCUT2D eigenvalue weighted by molar-refractivity contribution is -0.751. The number of hydrogen-bond acceptors (Lipinski definition) is 3. The molecule has 2 aliphatic heterocycles. The summed E-state index contributed by atoms with van der Waals surface area (Å²) in [6.45, 7) is 10.0. The molecule has 1 aromatic carbocycles. The predicted molar refractivity (Wildman–Crippen MR) is 90.7 cm³/mol. The first-order valence-corrected chi connectivity index (χ1v) is 9.31. The highest BCUT2D eigenvalue weighted by atomic mass is 32.1. The zero-order valence-electron chi connectivity index (χ0n) is 14.2. The van der Waals surface area contributed by atoms with E-state index in [4.69, 9.17) is 9.47 Å². The van der Waals surface area contributed by atoms with Crippen LogP contribution in [-0.4, -0.2) is 19.0 Å². The van der Waals surface area contributed by atoms with E-state index in [1.807, 2.05) is 11.3 Å². The molecule has 2 atom stereocenters. The molecule has 5 rings (SSSR count). The van der Waals surface area contributed by atoms with Gasteiger partial charge in [-0.25, -0.2) is 0 Å². The summed E-state index contributed by atoms with van der Waals surface area (Å²) in [5.41, 5.74) is 2.62. The average Bonchev–Trinajstić information content (AvgIpc) is 2.99. The predicted octanol–water partition coefficient (Wildman–Crippen LogP) is 3.88. The van der Waals surface area contributed by atoms with E-state index in [0.29, 0.717) is 13.2 Å². The fraction of sp³-hybridized carbons (Fsp3) is 0.526. The summed E-state index contributed by atoms with van der Waals surface area (Å²) < 4.78 is 15.3. The van der Waals surface area contributed by atoms with Crippen molar-refractivity contribution in [2.75, 3.05) is 13.2 Å². The first kappa shape index (κ1) is 15.3. The van der Waals surface area contributed by atoms with E-state index in [1.165, 1.54) is 16.1 Å². The lowest BCUT2D eigenvalue weighted by atomic mass is 9.58. The van der Waals surface area contributed by atoms with Gasteiger partial charge in [0.2, 0.25) is 0 Å². The molecule has 0 saturated heterocycles. The van der Waals surface area contributed by atoms with E-state index in [2.05, 4.69) is 68.1 Å². The normalized spacial score (nSPS) is 25.9. The summed E-state index contributed by atoms with van der Waals surface area (Å²) in [5.74, 6) is -0.487. The topological polar surface area (TPSA) is 22.3 Å². The van der Waals surface area contributed by atoms with Crippen LogP contribution in [0.25, 0.3) is 0 Å². The third kappa shape index (κ3) is 1.74. The Bertz CT molecular complexity index is 730. The number of aromatic nitrogens is 1. The minimum absolute atomic E-state index is 0.124. The van der Waals surface area contributed by atoms with Gasteiger partial charge in [0.25, 0.3) is 5.01 Å². The molecule has 0 spiro atoms. The van der Waals surface area contributed by atoms with Gasteiger partial charge in [-0.1, -0.05) is 35.6 Å². The quantitative estimate of drug-likeness (QED) is 0.627. The first-order chi connectivity index (χ1) is 11.1. The molecule has 4 heteroatoms. The Labute approximate surface area is 141 Å². The van der Waals surface area contributed by atoms with Crippen molar-refractivity contribution in [2.45, 2.75) is 45.4 Å². The van der Waals surface area contributed by atoms with Gasteiger partial charge < -0.3 is 9.47 Å². The van der Waals surface area contributed by atoms with Crippen LogP contribution in [0, 0.1) is 5.41 Å². The first-order valence-electron chi connectivity index (χ1n) is 8.43. The molecule has 2 unspecified atom stereocenters. The SMILES string of the molecule is CCOC1(OCC)C2c3ccccc3C([n+]3ccsc32)C1(C)C. The van der Waals surface area contributed by atoms with E-state index in [0.717, 1.165) is 0 Å². The molecule has 3 heterocycles. The number of ether oxygens (including phenoxy) is 2. The summed E-state index contributed by atoms with van der Waals surface area (Å²) in [5, 5.41) is 3.53. The van der Waals surface area contributed by atoms with Crippen molar-refractivity contribution in [3.8, 4) is 0 Å². The Balaban J connectivity index is 2.05. The maximum Gasteiger partial charge on any atom is 0.250 e. The molecule has 3 nitrogen and oxygen atoms in total. The lowest BCUT2D eigenvalue weighted by Crippen LogP contribution is -2.71. The van der Waals surface area contributed by atoms with E-state index in [-0.39, 0.29) is 17.4 Å². The van der Waals surface area contributed by atoms with Crippen LogP contribution < -0.4 is 4.57 Å². The lowest BCUT2D eigenvalue weighted by Gasteiger charge is -2.56. The average molecular weight is 330 g/mol. The third-order valence-corrected chi connectivity index (χ3v) is 6.42. The summed E-state index contributed by atoms with van der Waals surface area (Å²) in [6.07, 6.45) is 2.22. The van der Waals surface area contributed by atoms with Crippen LogP contribution >= 0.6 is 11.3 Å². The van der Waals surface area contributed by atoms with E-state index in [1.54, 1.807) is 0 Å². The van der Waals surface area contributed by atoms with Gasteiger partial charge in [0.1, 0.15) is 5.92 Å². The zero-order chi connectivity index (χ0) is 16.2. The number of hydrogen-bond donors (Lipinski definition) is 0. The second-order valence-electron chi connectivity index (χ2n) is 6.87. The van der Waals surface area contributed by atoms with Gasteiger partial charge in [0, 0.05) is 18.8 Å². The van der Waals surface area contributed by atoms with Crippen molar-refractivity contribution in [3.05, 3.63) is 52.0 Å². The van der Waals surface area contributed by atoms with Gasteiger partial charge in [-0.05, 0) is 33.3 Å². The molecule has 23 heavy (non-hydrogen) atoms. The molecule has 2 bridgehead atoms. The molecular formula is C19H24NO2S+. The van der Waals surface area contributed by atoms with Gasteiger partial charge >= 0.3 is 0 Å². The third-order valence-electron chi connectivity index (χ3n) is 5.47. The van der Waals surface area contributed by atoms with Gasteiger partial charge in [0.05, 0.1) is 10.8 Å². The molecule has 0 N–H and O–H groups in total. The minimum atomic E-state index is -0.611. The van der Waals surface area contributed by atoms with Crippen LogP contribution in [0.1, 0.15) is 55.8 Å². The van der Waals surface area contributed by atoms with Gasteiger partial charge in [0.15, 0.2) is 18.0 Å². The van der Waals surface area contributed by atoms with Crippen LogP contribution in [0.3, 0.4) is 0 Å². The maximum absolute atomic E-state index is 6.41. The maximum atomic E-state index is 6.41. The van der Waals surface area contributed by atoms with Crippen LogP contribution in [0.15, 0.2) is 35.8 Å². The number of benzene rings is 1. The largest absolute Gasteiger partial charge is 0.348 e. The van der Waals surface area contributed by atoms with E-state index >= 15 is 0 Å². The van der Waals surface area contributed by atoms with Crippen LogP contribution in [-0.2, 0) is 9.47 Å². The fourth-order valence-electron chi connectivity index (χ4n) is 4.71. The molecule has 1 aliphatic carbocycles. The van der Waals surface area contributed by atoms with Gasteiger partial charge in [-0.15, -0.1) is 0 Å². The Morgan fingerprint density at radius 1 is 1.09 bits per heavy atom. The summed E-state index contributed by atoms with van der Waals surface area (Å²) in [7, 11) is 0. The Morgan fingerprint density at radius 2 is 1.74 bits per heavy atom. The smallest absolute Gasteiger partial charge is 0.250 e. The molecule has 1 aromatic heterocycles. The minimum Gasteiger partial charge on any atom is -0.348 e. The van der Waals surface area contributed by atoms with Crippen molar-refractivity contribution >= 4 is 11.3 Å². The zero-order valence-corrected chi connectivity index (χ0v) is 15.0. The second-order valence-corrected chi connectivity index (χ2v) is 7.79. The van der Waals surface area contributed by atoms with Crippen molar-refractivity contribution < 1.29 is 14.0 Å². The molecule has 3 aliphatic rings. The second kappa shape index (κ2) is 5.13.